The van der Waals surface area contributed by atoms with Crippen molar-refractivity contribution in [3.05, 3.63) is 53.5 Å². The minimum absolute atomic E-state index is 0.673. The second-order valence-electron chi connectivity index (χ2n) is 5.02. The summed E-state index contributed by atoms with van der Waals surface area (Å²) < 4.78 is 7.41. The van der Waals surface area contributed by atoms with Gasteiger partial charge in [0, 0.05) is 18.3 Å². The lowest BCUT2D eigenvalue weighted by Crippen LogP contribution is -1.99. The van der Waals surface area contributed by atoms with Crippen molar-refractivity contribution < 1.29 is 4.74 Å². The first-order valence-electron chi connectivity index (χ1n) is 6.99. The summed E-state index contributed by atoms with van der Waals surface area (Å²) in [6.45, 7) is 4.64. The van der Waals surface area contributed by atoms with Crippen molar-refractivity contribution in [3.63, 3.8) is 0 Å². The van der Waals surface area contributed by atoms with E-state index in [2.05, 4.69) is 10.2 Å². The monoisotopic (exact) mass is 282 g/mol. The molecule has 0 unspecified atom stereocenters. The maximum atomic E-state index is 5.91. The minimum atomic E-state index is 0.673. The number of ether oxygens (including phenoxy) is 1. The average molecular weight is 282 g/mol. The minimum Gasteiger partial charge on any atom is -0.494 e. The largest absolute Gasteiger partial charge is 0.494 e. The Hall–Kier alpha value is -2.56. The predicted octanol–water partition coefficient (Wildman–Crippen LogP) is 2.61. The zero-order valence-corrected chi connectivity index (χ0v) is 12.2. The molecule has 0 aliphatic carbocycles. The van der Waals surface area contributed by atoms with Crippen LogP contribution in [0.1, 0.15) is 23.9 Å². The summed E-state index contributed by atoms with van der Waals surface area (Å²) in [6.07, 6.45) is 2.57. The Labute approximate surface area is 123 Å². The van der Waals surface area contributed by atoms with E-state index >= 15 is 0 Å². The number of nitrogen functional groups attached to an aromatic ring is 1. The van der Waals surface area contributed by atoms with Gasteiger partial charge in [-0.15, -0.1) is 10.2 Å². The Kier molecular flexibility index (Phi) is 3.48. The third-order valence-corrected chi connectivity index (χ3v) is 3.38. The van der Waals surface area contributed by atoms with Gasteiger partial charge < -0.3 is 10.5 Å². The first-order chi connectivity index (χ1) is 10.2. The molecule has 1 aromatic carbocycles. The van der Waals surface area contributed by atoms with Gasteiger partial charge in [-0.2, -0.15) is 0 Å². The standard InChI is InChI=1S/C16H18N4O/c1-3-21-14-6-4-12(5-7-14)9-15-18-19-16-11(2)8-13(17)10-20(15)16/h4-8,10H,3,9,17H2,1-2H3. The zero-order chi connectivity index (χ0) is 14.8. The summed E-state index contributed by atoms with van der Waals surface area (Å²) in [4.78, 5) is 0. The van der Waals surface area contributed by atoms with Crippen LogP contribution in [-0.2, 0) is 6.42 Å². The smallest absolute Gasteiger partial charge is 0.163 e. The number of fused-ring (bicyclic) bond motifs is 1. The van der Waals surface area contributed by atoms with E-state index in [-0.39, 0.29) is 0 Å². The van der Waals surface area contributed by atoms with Crippen LogP contribution >= 0.6 is 0 Å². The molecule has 0 aliphatic rings. The Morgan fingerprint density at radius 2 is 1.95 bits per heavy atom. The molecule has 0 fully saturated rings. The molecule has 2 heterocycles. The van der Waals surface area contributed by atoms with E-state index in [4.69, 9.17) is 10.5 Å². The van der Waals surface area contributed by atoms with Crippen LogP contribution in [-0.4, -0.2) is 21.2 Å². The van der Waals surface area contributed by atoms with Crippen molar-refractivity contribution in [2.75, 3.05) is 12.3 Å². The molecule has 2 aromatic heterocycles. The van der Waals surface area contributed by atoms with Crippen molar-refractivity contribution in [2.24, 2.45) is 0 Å². The highest BCUT2D eigenvalue weighted by atomic mass is 16.5. The van der Waals surface area contributed by atoms with Gasteiger partial charge in [0.2, 0.25) is 0 Å². The number of pyridine rings is 1. The summed E-state index contributed by atoms with van der Waals surface area (Å²) in [6, 6.07) is 9.95. The fourth-order valence-electron chi connectivity index (χ4n) is 2.40. The van der Waals surface area contributed by atoms with Crippen LogP contribution in [0.3, 0.4) is 0 Å². The summed E-state index contributed by atoms with van der Waals surface area (Å²) in [5.41, 5.74) is 9.66. The first kappa shape index (κ1) is 13.4. The van der Waals surface area contributed by atoms with Gasteiger partial charge >= 0.3 is 0 Å². The Morgan fingerprint density at radius 3 is 2.67 bits per heavy atom. The molecule has 0 atom stereocenters. The normalized spacial score (nSPS) is 11.0. The summed E-state index contributed by atoms with van der Waals surface area (Å²) in [5, 5.41) is 8.51. The summed E-state index contributed by atoms with van der Waals surface area (Å²) in [5.74, 6) is 1.76. The van der Waals surface area contributed by atoms with Gasteiger partial charge in [-0.05, 0) is 43.2 Å². The highest BCUT2D eigenvalue weighted by Crippen LogP contribution is 2.18. The summed E-state index contributed by atoms with van der Waals surface area (Å²) >= 11 is 0. The van der Waals surface area contributed by atoms with Crippen LogP contribution in [0.2, 0.25) is 0 Å². The fraction of sp³-hybridized carbons (Fsp3) is 0.250. The molecule has 0 saturated carbocycles. The van der Waals surface area contributed by atoms with Crippen LogP contribution in [0.15, 0.2) is 36.5 Å². The van der Waals surface area contributed by atoms with E-state index in [1.807, 2.05) is 54.8 Å². The van der Waals surface area contributed by atoms with Crippen molar-refractivity contribution in [1.82, 2.24) is 14.6 Å². The Morgan fingerprint density at radius 1 is 1.19 bits per heavy atom. The number of anilines is 1. The molecule has 0 saturated heterocycles. The van der Waals surface area contributed by atoms with Gasteiger partial charge in [0.15, 0.2) is 5.65 Å². The molecule has 0 amide bonds. The number of hydrogen-bond donors (Lipinski definition) is 1. The van der Waals surface area contributed by atoms with Gasteiger partial charge in [0.1, 0.15) is 11.6 Å². The average Bonchev–Trinajstić information content (AvgIpc) is 2.85. The highest BCUT2D eigenvalue weighted by Gasteiger charge is 2.09. The Balaban J connectivity index is 1.91. The van der Waals surface area contributed by atoms with Crippen LogP contribution in [0.4, 0.5) is 5.69 Å². The van der Waals surface area contributed by atoms with Crippen LogP contribution < -0.4 is 10.5 Å². The third-order valence-electron chi connectivity index (χ3n) is 3.38. The molecule has 5 heteroatoms. The number of aromatic nitrogens is 3. The van der Waals surface area contributed by atoms with Gasteiger partial charge in [-0.1, -0.05) is 12.1 Å². The van der Waals surface area contributed by atoms with Gasteiger partial charge in [-0.3, -0.25) is 4.40 Å². The maximum absolute atomic E-state index is 5.91. The maximum Gasteiger partial charge on any atom is 0.163 e. The molecular weight excluding hydrogens is 264 g/mol. The molecule has 0 spiro atoms. The lowest BCUT2D eigenvalue weighted by Gasteiger charge is -2.05. The second-order valence-corrected chi connectivity index (χ2v) is 5.02. The van der Waals surface area contributed by atoms with Gasteiger partial charge in [0.05, 0.1) is 6.61 Å². The van der Waals surface area contributed by atoms with E-state index in [1.54, 1.807) is 0 Å². The van der Waals surface area contributed by atoms with Crippen LogP contribution in [0.25, 0.3) is 5.65 Å². The number of aryl methyl sites for hydroxylation is 1. The lowest BCUT2D eigenvalue weighted by molar-refractivity contribution is 0.340. The van der Waals surface area contributed by atoms with E-state index in [9.17, 15) is 0 Å². The molecule has 0 aliphatic heterocycles. The molecule has 0 bridgehead atoms. The SMILES string of the molecule is CCOc1ccc(Cc2nnc3c(C)cc(N)cn23)cc1. The van der Waals surface area contributed by atoms with Crippen molar-refractivity contribution in [1.29, 1.82) is 0 Å². The topological polar surface area (TPSA) is 65.4 Å². The van der Waals surface area contributed by atoms with Gasteiger partial charge in [-0.25, -0.2) is 0 Å². The number of nitrogens with zero attached hydrogens (tertiary/aromatic N) is 3. The summed E-state index contributed by atoms with van der Waals surface area (Å²) in [7, 11) is 0. The molecule has 3 rings (SSSR count). The van der Waals surface area contributed by atoms with Crippen molar-refractivity contribution in [3.8, 4) is 5.75 Å². The van der Waals surface area contributed by atoms with E-state index in [0.29, 0.717) is 18.7 Å². The molecule has 5 nitrogen and oxygen atoms in total. The van der Waals surface area contributed by atoms with Crippen molar-refractivity contribution in [2.45, 2.75) is 20.3 Å². The number of hydrogen-bond acceptors (Lipinski definition) is 4. The number of nitrogens with two attached hydrogens (primary N) is 1. The van der Waals surface area contributed by atoms with Crippen molar-refractivity contribution >= 4 is 11.3 Å². The lowest BCUT2D eigenvalue weighted by atomic mass is 10.1. The van der Waals surface area contributed by atoms with Gasteiger partial charge in [0.25, 0.3) is 0 Å². The first-order valence-corrected chi connectivity index (χ1v) is 6.99. The molecule has 108 valence electrons. The van der Waals surface area contributed by atoms with E-state index in [0.717, 1.165) is 28.3 Å². The molecule has 0 radical (unpaired) electrons. The number of rotatable bonds is 4. The van der Waals surface area contributed by atoms with E-state index < -0.39 is 0 Å². The molecule has 21 heavy (non-hydrogen) atoms. The zero-order valence-electron chi connectivity index (χ0n) is 12.2. The second kappa shape index (κ2) is 5.44. The number of benzene rings is 1. The third kappa shape index (κ3) is 2.67. The highest BCUT2D eigenvalue weighted by molar-refractivity contribution is 5.54. The molecule has 3 aromatic rings. The fourth-order valence-corrected chi connectivity index (χ4v) is 2.40. The van der Waals surface area contributed by atoms with Crippen LogP contribution in [0, 0.1) is 6.92 Å². The van der Waals surface area contributed by atoms with E-state index in [1.165, 1.54) is 0 Å². The van der Waals surface area contributed by atoms with Crippen LogP contribution in [0.5, 0.6) is 5.75 Å². The quantitative estimate of drug-likeness (QED) is 0.799. The molecule has 2 N–H and O–H groups in total. The predicted molar refractivity (Wildman–Crippen MR) is 82.6 cm³/mol. The molecular formula is C16H18N4O. The Bertz CT molecular complexity index is 762.